The van der Waals surface area contributed by atoms with Gasteiger partial charge in [-0.2, -0.15) is 8.78 Å². The zero-order chi connectivity index (χ0) is 17.4. The van der Waals surface area contributed by atoms with Gasteiger partial charge in [0.1, 0.15) is 5.60 Å². The number of nitrogens with one attached hydrogen (secondary N) is 1. The van der Waals surface area contributed by atoms with Crippen LogP contribution in [0.15, 0.2) is 43.0 Å². The summed E-state index contributed by atoms with van der Waals surface area (Å²) in [5.41, 5.74) is -0.630. The van der Waals surface area contributed by atoms with E-state index in [4.69, 9.17) is 0 Å². The van der Waals surface area contributed by atoms with Crippen LogP contribution >= 0.6 is 0 Å². The van der Waals surface area contributed by atoms with Crippen molar-refractivity contribution < 1.29 is 18.7 Å². The summed E-state index contributed by atoms with van der Waals surface area (Å²) < 4.78 is 30.0. The van der Waals surface area contributed by atoms with E-state index in [2.05, 4.69) is 10.3 Å². The summed E-state index contributed by atoms with van der Waals surface area (Å²) in [6.07, 6.45) is 5.50. The fourth-order valence-corrected chi connectivity index (χ4v) is 2.75. The number of benzene rings is 1. The maximum atomic E-state index is 14.1. The Labute approximate surface area is 138 Å². The molecule has 0 bridgehead atoms. The lowest BCUT2D eigenvalue weighted by Gasteiger charge is -2.41. The van der Waals surface area contributed by atoms with Crippen LogP contribution in [-0.4, -0.2) is 32.1 Å². The van der Waals surface area contributed by atoms with E-state index in [1.54, 1.807) is 37.8 Å². The number of alkyl halides is 2. The second kappa shape index (κ2) is 5.98. The van der Waals surface area contributed by atoms with E-state index in [9.17, 15) is 18.7 Å². The average Bonchev–Trinajstić information content (AvgIpc) is 3.06. The summed E-state index contributed by atoms with van der Waals surface area (Å²) >= 11 is 0. The third-order valence-corrected chi connectivity index (χ3v) is 4.59. The van der Waals surface area contributed by atoms with Gasteiger partial charge in [-0.05, 0) is 43.9 Å². The van der Waals surface area contributed by atoms with Crippen LogP contribution in [0.3, 0.4) is 0 Å². The van der Waals surface area contributed by atoms with Gasteiger partial charge in [0.05, 0.1) is 12.4 Å². The number of aliphatic hydroxyl groups is 1. The van der Waals surface area contributed by atoms with E-state index in [1.165, 1.54) is 0 Å². The maximum absolute atomic E-state index is 14.1. The van der Waals surface area contributed by atoms with Crippen LogP contribution in [0, 0.1) is 0 Å². The molecular formula is C17H19F2N3O2. The highest BCUT2D eigenvalue weighted by Gasteiger charge is 2.61. The van der Waals surface area contributed by atoms with Crippen molar-refractivity contribution in [1.82, 2.24) is 14.9 Å². The molecule has 1 fully saturated rings. The first-order valence-electron chi connectivity index (χ1n) is 7.83. The van der Waals surface area contributed by atoms with E-state index in [0.29, 0.717) is 12.0 Å². The largest absolute Gasteiger partial charge is 0.383 e. The number of carbonyl (C=O) groups excluding carboxylic acids is 1. The molecule has 1 amide bonds. The molecule has 7 heteroatoms. The zero-order valence-electron chi connectivity index (χ0n) is 13.2. The number of amides is 1. The van der Waals surface area contributed by atoms with E-state index < -0.39 is 23.5 Å². The minimum Gasteiger partial charge on any atom is -0.383 e. The molecule has 0 aliphatic heterocycles. The summed E-state index contributed by atoms with van der Waals surface area (Å²) in [5, 5.41) is 12.1. The average molecular weight is 335 g/mol. The highest BCUT2D eigenvalue weighted by Crippen LogP contribution is 2.44. The highest BCUT2D eigenvalue weighted by atomic mass is 19.3. The summed E-state index contributed by atoms with van der Waals surface area (Å²) in [6.45, 7) is 1.63. The second-order valence-corrected chi connectivity index (χ2v) is 6.22. The first-order valence-corrected chi connectivity index (χ1v) is 7.83. The van der Waals surface area contributed by atoms with Crippen molar-refractivity contribution in [3.63, 3.8) is 0 Å². The molecule has 1 saturated carbocycles. The smallest absolute Gasteiger partial charge is 0.352 e. The topological polar surface area (TPSA) is 67.2 Å². The molecule has 2 N–H and O–H groups in total. The molecule has 0 saturated heterocycles. The summed E-state index contributed by atoms with van der Waals surface area (Å²) in [5.74, 6) is -5.22. The summed E-state index contributed by atoms with van der Waals surface area (Å²) in [6, 6.07) is 6.56. The molecule has 1 heterocycles. The van der Waals surface area contributed by atoms with Crippen LogP contribution in [0.2, 0.25) is 0 Å². The van der Waals surface area contributed by atoms with Gasteiger partial charge in [-0.25, -0.2) is 4.98 Å². The van der Waals surface area contributed by atoms with Crippen molar-refractivity contribution in [2.75, 3.05) is 0 Å². The van der Waals surface area contributed by atoms with Crippen LogP contribution in [0.25, 0.3) is 5.69 Å². The van der Waals surface area contributed by atoms with Crippen LogP contribution in [0.5, 0.6) is 0 Å². The molecule has 128 valence electrons. The Morgan fingerprint density at radius 2 is 2.04 bits per heavy atom. The van der Waals surface area contributed by atoms with Gasteiger partial charge in [0.2, 0.25) is 0 Å². The molecule has 1 aromatic heterocycles. The number of hydrogen-bond donors (Lipinski definition) is 2. The van der Waals surface area contributed by atoms with Crippen molar-refractivity contribution in [2.24, 2.45) is 0 Å². The maximum Gasteiger partial charge on any atom is 0.352 e. The molecule has 1 aromatic carbocycles. The summed E-state index contributed by atoms with van der Waals surface area (Å²) in [4.78, 5) is 15.9. The molecule has 1 aliphatic rings. The van der Waals surface area contributed by atoms with Gasteiger partial charge in [0.15, 0.2) is 0 Å². The Balaban J connectivity index is 1.68. The lowest BCUT2D eigenvalue weighted by molar-refractivity contribution is -0.216. The van der Waals surface area contributed by atoms with Gasteiger partial charge in [-0.1, -0.05) is 12.1 Å². The highest BCUT2D eigenvalue weighted by molar-refractivity contribution is 5.85. The van der Waals surface area contributed by atoms with E-state index in [-0.39, 0.29) is 12.8 Å². The van der Waals surface area contributed by atoms with Gasteiger partial charge in [-0.3, -0.25) is 4.79 Å². The monoisotopic (exact) mass is 335 g/mol. The first kappa shape index (κ1) is 16.6. The number of imidazole rings is 1. The molecule has 2 aromatic rings. The van der Waals surface area contributed by atoms with Crippen LogP contribution in [0.4, 0.5) is 8.78 Å². The van der Waals surface area contributed by atoms with E-state index in [1.807, 2.05) is 16.7 Å². The fourth-order valence-electron chi connectivity index (χ4n) is 2.75. The predicted molar refractivity (Wildman–Crippen MR) is 83.9 cm³/mol. The van der Waals surface area contributed by atoms with Crippen LogP contribution in [-0.2, 0) is 4.79 Å². The fraction of sp³-hybridized carbons (Fsp3) is 0.412. The van der Waals surface area contributed by atoms with Crippen molar-refractivity contribution >= 4 is 5.91 Å². The van der Waals surface area contributed by atoms with Gasteiger partial charge in [0.25, 0.3) is 5.91 Å². The summed E-state index contributed by atoms with van der Waals surface area (Å²) in [7, 11) is 0. The van der Waals surface area contributed by atoms with Crippen molar-refractivity contribution in [3.05, 3.63) is 48.5 Å². The Hall–Kier alpha value is -2.28. The van der Waals surface area contributed by atoms with Gasteiger partial charge in [0, 0.05) is 18.1 Å². The number of aromatic nitrogens is 2. The van der Waals surface area contributed by atoms with Crippen molar-refractivity contribution in [2.45, 2.75) is 43.8 Å². The van der Waals surface area contributed by atoms with Gasteiger partial charge >= 0.3 is 5.92 Å². The first-order chi connectivity index (χ1) is 11.3. The normalized spacial score (nSPS) is 17.8. The van der Waals surface area contributed by atoms with E-state index in [0.717, 1.165) is 5.69 Å². The molecule has 1 aliphatic carbocycles. The Morgan fingerprint density at radius 3 is 2.54 bits per heavy atom. The van der Waals surface area contributed by atoms with Gasteiger partial charge in [-0.15, -0.1) is 0 Å². The number of rotatable bonds is 5. The molecule has 1 atom stereocenters. The number of nitrogens with zero attached hydrogens (tertiary/aromatic N) is 2. The zero-order valence-corrected chi connectivity index (χ0v) is 13.2. The number of carbonyl (C=O) groups is 1. The minimum absolute atomic E-state index is 0.0542. The molecule has 0 spiro atoms. The molecule has 1 unspecified atom stereocenters. The molecule has 0 radical (unpaired) electrons. The Bertz CT molecular complexity index is 710. The third kappa shape index (κ3) is 2.80. The predicted octanol–water partition coefficient (Wildman–Crippen LogP) is 2.60. The molecule has 5 nitrogen and oxygen atoms in total. The standard InChI is InChI=1S/C17H19F2N3O2/c1-12(21-15(23)17(18,19)16(24)7-2-8-16)13-3-5-14(6-4-13)22-10-9-20-11-22/h3-6,9-12,24H,2,7-8H2,1H3,(H,21,23). The second-order valence-electron chi connectivity index (χ2n) is 6.22. The SMILES string of the molecule is CC(NC(=O)C(F)(F)C1(O)CCC1)c1ccc(-n2ccnc2)cc1. The Morgan fingerprint density at radius 1 is 1.38 bits per heavy atom. The van der Waals surface area contributed by atoms with Crippen molar-refractivity contribution in [3.8, 4) is 5.69 Å². The molecule has 24 heavy (non-hydrogen) atoms. The number of halogens is 2. The Kier molecular flexibility index (Phi) is 4.13. The lowest BCUT2D eigenvalue weighted by Crippen LogP contribution is -2.60. The third-order valence-electron chi connectivity index (χ3n) is 4.59. The van der Waals surface area contributed by atoms with Crippen LogP contribution in [0.1, 0.15) is 37.8 Å². The quantitative estimate of drug-likeness (QED) is 0.883. The van der Waals surface area contributed by atoms with Crippen molar-refractivity contribution in [1.29, 1.82) is 0 Å². The van der Waals surface area contributed by atoms with Crippen LogP contribution < -0.4 is 5.32 Å². The van der Waals surface area contributed by atoms with Gasteiger partial charge < -0.3 is 15.0 Å². The van der Waals surface area contributed by atoms with E-state index >= 15 is 0 Å². The molecular weight excluding hydrogens is 316 g/mol. The number of hydrogen-bond acceptors (Lipinski definition) is 3. The molecule has 3 rings (SSSR count). The lowest BCUT2D eigenvalue weighted by atomic mass is 9.75. The minimum atomic E-state index is -3.78.